The number of likely N-dealkylation sites (tertiary alicyclic amines) is 1. The van der Waals surface area contributed by atoms with Crippen LogP contribution in [0.1, 0.15) is 46.5 Å². The van der Waals surface area contributed by atoms with Crippen molar-refractivity contribution in [1.82, 2.24) is 10.2 Å². The van der Waals surface area contributed by atoms with Crippen LogP contribution in [0.4, 0.5) is 0 Å². The predicted molar refractivity (Wildman–Crippen MR) is 81.7 cm³/mol. The van der Waals surface area contributed by atoms with Crippen molar-refractivity contribution in [3.8, 4) is 0 Å². The summed E-state index contributed by atoms with van der Waals surface area (Å²) < 4.78 is 0. The topological polar surface area (TPSA) is 55.7 Å². The zero-order valence-corrected chi connectivity index (χ0v) is 13.3. The zero-order chi connectivity index (χ0) is 14.8. The SMILES string of the molecule is CC1CCC(CNC(C)C)(CN2CC(O)C(O)C2)CC1. The summed E-state index contributed by atoms with van der Waals surface area (Å²) in [6.45, 7) is 10.1. The molecule has 4 heteroatoms. The number of nitrogens with one attached hydrogen (secondary N) is 1. The van der Waals surface area contributed by atoms with E-state index in [1.54, 1.807) is 0 Å². The minimum Gasteiger partial charge on any atom is -0.389 e. The molecule has 0 aromatic carbocycles. The van der Waals surface area contributed by atoms with E-state index in [4.69, 9.17) is 0 Å². The molecule has 0 aromatic rings. The number of hydrogen-bond donors (Lipinski definition) is 3. The van der Waals surface area contributed by atoms with Crippen LogP contribution >= 0.6 is 0 Å². The number of hydrogen-bond acceptors (Lipinski definition) is 4. The maximum Gasteiger partial charge on any atom is 0.0938 e. The standard InChI is InChI=1S/C16H32N2O2/c1-12(2)17-10-16(6-4-13(3)5-7-16)11-18-8-14(19)15(20)9-18/h12-15,17,19-20H,4-11H2,1-3H3. The van der Waals surface area contributed by atoms with Crippen molar-refractivity contribution in [2.24, 2.45) is 11.3 Å². The average Bonchev–Trinajstić information content (AvgIpc) is 2.69. The Morgan fingerprint density at radius 3 is 2.20 bits per heavy atom. The Kier molecular flexibility index (Phi) is 5.46. The molecule has 20 heavy (non-hydrogen) atoms. The van der Waals surface area contributed by atoms with Crippen LogP contribution in [0.5, 0.6) is 0 Å². The van der Waals surface area contributed by atoms with Gasteiger partial charge in [0.05, 0.1) is 12.2 Å². The second-order valence-electron chi connectivity index (χ2n) is 7.55. The molecular weight excluding hydrogens is 252 g/mol. The van der Waals surface area contributed by atoms with Crippen molar-refractivity contribution in [3.63, 3.8) is 0 Å². The normalized spacial score (nSPS) is 39.6. The van der Waals surface area contributed by atoms with E-state index >= 15 is 0 Å². The molecule has 2 atom stereocenters. The summed E-state index contributed by atoms with van der Waals surface area (Å²) in [7, 11) is 0. The summed E-state index contributed by atoms with van der Waals surface area (Å²) in [6.07, 6.45) is 4.00. The van der Waals surface area contributed by atoms with E-state index in [-0.39, 0.29) is 0 Å². The summed E-state index contributed by atoms with van der Waals surface area (Å²) in [5.41, 5.74) is 0.320. The van der Waals surface area contributed by atoms with Gasteiger partial charge in [-0.25, -0.2) is 0 Å². The maximum atomic E-state index is 9.73. The molecule has 1 heterocycles. The highest BCUT2D eigenvalue weighted by Gasteiger charge is 2.39. The van der Waals surface area contributed by atoms with Crippen LogP contribution in [0.2, 0.25) is 0 Å². The van der Waals surface area contributed by atoms with Gasteiger partial charge < -0.3 is 15.5 Å². The van der Waals surface area contributed by atoms with Crippen molar-refractivity contribution >= 4 is 0 Å². The fourth-order valence-corrected chi connectivity index (χ4v) is 3.64. The van der Waals surface area contributed by atoms with E-state index in [0.717, 1.165) is 19.0 Å². The number of β-amino-alcohol motifs (C(OH)–C–C–N with tert-alkyl or cyclic N) is 2. The Morgan fingerprint density at radius 2 is 1.70 bits per heavy atom. The van der Waals surface area contributed by atoms with E-state index in [1.807, 2.05) is 0 Å². The molecule has 2 fully saturated rings. The minimum absolute atomic E-state index is 0.320. The van der Waals surface area contributed by atoms with Crippen LogP contribution in [0.15, 0.2) is 0 Å². The molecule has 2 unspecified atom stereocenters. The molecule has 1 aliphatic heterocycles. The predicted octanol–water partition coefficient (Wildman–Crippen LogP) is 1.22. The third-order valence-corrected chi connectivity index (χ3v) is 5.11. The fraction of sp³-hybridized carbons (Fsp3) is 1.00. The van der Waals surface area contributed by atoms with Crippen molar-refractivity contribution < 1.29 is 10.2 Å². The molecule has 0 aromatic heterocycles. The number of aliphatic hydroxyl groups excluding tert-OH is 2. The molecule has 0 amide bonds. The summed E-state index contributed by atoms with van der Waals surface area (Å²) >= 11 is 0. The van der Waals surface area contributed by atoms with Crippen LogP contribution in [0.25, 0.3) is 0 Å². The van der Waals surface area contributed by atoms with Gasteiger partial charge in [-0.15, -0.1) is 0 Å². The molecule has 2 aliphatic rings. The lowest BCUT2D eigenvalue weighted by atomic mass is 9.70. The largest absolute Gasteiger partial charge is 0.389 e. The van der Waals surface area contributed by atoms with Crippen molar-refractivity contribution in [2.45, 2.75) is 64.7 Å². The molecule has 0 radical (unpaired) electrons. The molecule has 4 nitrogen and oxygen atoms in total. The Balaban J connectivity index is 1.95. The van der Waals surface area contributed by atoms with Gasteiger partial charge in [0.1, 0.15) is 0 Å². The molecule has 3 N–H and O–H groups in total. The Bertz CT molecular complexity index is 291. The first-order valence-electron chi connectivity index (χ1n) is 8.22. The first-order valence-corrected chi connectivity index (χ1v) is 8.22. The molecule has 1 aliphatic carbocycles. The van der Waals surface area contributed by atoms with Gasteiger partial charge in [-0.2, -0.15) is 0 Å². The van der Waals surface area contributed by atoms with Gasteiger partial charge >= 0.3 is 0 Å². The number of nitrogens with zero attached hydrogens (tertiary/aromatic N) is 1. The second kappa shape index (κ2) is 6.73. The lowest BCUT2D eigenvalue weighted by Gasteiger charge is -2.42. The first-order chi connectivity index (χ1) is 9.40. The van der Waals surface area contributed by atoms with Crippen LogP contribution in [0.3, 0.4) is 0 Å². The molecule has 1 saturated heterocycles. The molecule has 0 bridgehead atoms. The van der Waals surface area contributed by atoms with Crippen LogP contribution in [0, 0.1) is 11.3 Å². The minimum atomic E-state index is -0.562. The monoisotopic (exact) mass is 284 g/mol. The highest BCUT2D eigenvalue weighted by molar-refractivity contribution is 4.93. The quantitative estimate of drug-likeness (QED) is 0.710. The lowest BCUT2D eigenvalue weighted by Crippen LogP contribution is -2.47. The van der Waals surface area contributed by atoms with E-state index in [0.29, 0.717) is 24.5 Å². The Morgan fingerprint density at radius 1 is 1.15 bits per heavy atom. The smallest absolute Gasteiger partial charge is 0.0938 e. The second-order valence-corrected chi connectivity index (χ2v) is 7.55. The van der Waals surface area contributed by atoms with Crippen LogP contribution in [-0.4, -0.2) is 59.5 Å². The Hall–Kier alpha value is -0.160. The highest BCUT2D eigenvalue weighted by atomic mass is 16.3. The Labute approximate surface area is 123 Å². The zero-order valence-electron chi connectivity index (χ0n) is 13.3. The van der Waals surface area contributed by atoms with E-state index in [2.05, 4.69) is 31.0 Å². The summed E-state index contributed by atoms with van der Waals surface area (Å²) in [6, 6.07) is 0.515. The maximum absolute atomic E-state index is 9.73. The average molecular weight is 284 g/mol. The number of aliphatic hydroxyl groups is 2. The molecule has 0 spiro atoms. The number of rotatable bonds is 5. The van der Waals surface area contributed by atoms with Crippen LogP contribution < -0.4 is 5.32 Å². The molecule has 118 valence electrons. The summed E-state index contributed by atoms with van der Waals surface area (Å²) in [5, 5.41) is 23.1. The van der Waals surface area contributed by atoms with Gasteiger partial charge in [0.25, 0.3) is 0 Å². The lowest BCUT2D eigenvalue weighted by molar-refractivity contribution is 0.0572. The molecule has 1 saturated carbocycles. The van der Waals surface area contributed by atoms with Gasteiger partial charge in [0.2, 0.25) is 0 Å². The van der Waals surface area contributed by atoms with E-state index < -0.39 is 12.2 Å². The van der Waals surface area contributed by atoms with E-state index in [1.165, 1.54) is 25.7 Å². The van der Waals surface area contributed by atoms with Crippen molar-refractivity contribution in [2.75, 3.05) is 26.2 Å². The van der Waals surface area contributed by atoms with Gasteiger partial charge in [-0.3, -0.25) is 4.90 Å². The third-order valence-electron chi connectivity index (χ3n) is 5.11. The van der Waals surface area contributed by atoms with Gasteiger partial charge in [0.15, 0.2) is 0 Å². The first kappa shape index (κ1) is 16.2. The third kappa shape index (κ3) is 4.17. The van der Waals surface area contributed by atoms with E-state index in [9.17, 15) is 10.2 Å². The highest BCUT2D eigenvalue weighted by Crippen LogP contribution is 2.39. The molecule has 2 rings (SSSR count). The van der Waals surface area contributed by atoms with Gasteiger partial charge in [0, 0.05) is 32.2 Å². The summed E-state index contributed by atoms with van der Waals surface area (Å²) in [4.78, 5) is 2.26. The van der Waals surface area contributed by atoms with Crippen LogP contribution in [-0.2, 0) is 0 Å². The summed E-state index contributed by atoms with van der Waals surface area (Å²) in [5.74, 6) is 0.844. The van der Waals surface area contributed by atoms with Gasteiger partial charge in [-0.05, 0) is 24.2 Å². The van der Waals surface area contributed by atoms with Gasteiger partial charge in [-0.1, -0.05) is 33.6 Å². The fourth-order valence-electron chi connectivity index (χ4n) is 3.64. The molecular formula is C16H32N2O2. The van der Waals surface area contributed by atoms with Crippen molar-refractivity contribution in [1.29, 1.82) is 0 Å². The van der Waals surface area contributed by atoms with Crippen molar-refractivity contribution in [3.05, 3.63) is 0 Å².